The SMILES string of the molecule is COc1ccccc1OCC1CNC(=O)O1.CSc1ccc(C2OC(=O)NC2C)cc1. The maximum Gasteiger partial charge on any atom is 0.408 e. The van der Waals surface area contributed by atoms with Crippen molar-refractivity contribution in [2.24, 2.45) is 0 Å². The summed E-state index contributed by atoms with van der Waals surface area (Å²) in [6, 6.07) is 15.5. The second-order valence-electron chi connectivity index (χ2n) is 6.90. The fourth-order valence-corrected chi connectivity index (χ4v) is 3.52. The van der Waals surface area contributed by atoms with Crippen molar-refractivity contribution in [2.45, 2.75) is 30.1 Å². The summed E-state index contributed by atoms with van der Waals surface area (Å²) >= 11 is 1.70. The molecule has 0 aromatic heterocycles. The number of hydrogen-bond donors (Lipinski definition) is 2. The fraction of sp³-hybridized carbons (Fsp3) is 0.364. The number of rotatable bonds is 6. The summed E-state index contributed by atoms with van der Waals surface area (Å²) in [5, 5.41) is 5.29. The normalized spacial score (nSPS) is 21.7. The van der Waals surface area contributed by atoms with Gasteiger partial charge in [-0.15, -0.1) is 11.8 Å². The summed E-state index contributed by atoms with van der Waals surface area (Å²) in [6.07, 6.45) is 0.912. The number of hydrogen-bond acceptors (Lipinski definition) is 7. The van der Waals surface area contributed by atoms with Crippen molar-refractivity contribution in [1.82, 2.24) is 10.6 Å². The topological polar surface area (TPSA) is 95.1 Å². The van der Waals surface area contributed by atoms with Crippen LogP contribution < -0.4 is 20.1 Å². The van der Waals surface area contributed by atoms with Crippen molar-refractivity contribution < 1.29 is 28.5 Å². The van der Waals surface area contributed by atoms with Crippen LogP contribution in [-0.4, -0.2) is 50.8 Å². The Hall–Kier alpha value is -3.07. The van der Waals surface area contributed by atoms with E-state index in [1.54, 1.807) is 18.9 Å². The van der Waals surface area contributed by atoms with Crippen LogP contribution in [0.25, 0.3) is 0 Å². The van der Waals surface area contributed by atoms with Gasteiger partial charge in [0.05, 0.1) is 19.7 Å². The third-order valence-corrected chi connectivity index (χ3v) is 5.46. The lowest BCUT2D eigenvalue weighted by Crippen LogP contribution is -2.23. The number of cyclic esters (lactones) is 2. The van der Waals surface area contributed by atoms with E-state index in [0.29, 0.717) is 24.7 Å². The number of para-hydroxylation sites is 2. The summed E-state index contributed by atoms with van der Waals surface area (Å²) in [5.41, 5.74) is 1.04. The van der Waals surface area contributed by atoms with Gasteiger partial charge in [-0.25, -0.2) is 9.59 Å². The van der Waals surface area contributed by atoms with E-state index in [2.05, 4.69) is 10.6 Å². The molecule has 4 rings (SSSR count). The summed E-state index contributed by atoms with van der Waals surface area (Å²) in [4.78, 5) is 23.0. The summed E-state index contributed by atoms with van der Waals surface area (Å²) in [7, 11) is 1.58. The van der Waals surface area contributed by atoms with Crippen molar-refractivity contribution in [2.75, 3.05) is 26.5 Å². The second-order valence-corrected chi connectivity index (χ2v) is 7.78. The number of nitrogens with one attached hydrogen (secondary N) is 2. The van der Waals surface area contributed by atoms with Crippen LogP contribution in [0.2, 0.25) is 0 Å². The molecule has 3 unspecified atom stereocenters. The highest BCUT2D eigenvalue weighted by molar-refractivity contribution is 7.98. The summed E-state index contributed by atoms with van der Waals surface area (Å²) < 4.78 is 20.8. The van der Waals surface area contributed by atoms with E-state index in [9.17, 15) is 9.59 Å². The number of amides is 2. The monoisotopic (exact) mass is 446 g/mol. The Bertz CT molecular complexity index is 892. The van der Waals surface area contributed by atoms with Crippen LogP contribution in [0.3, 0.4) is 0 Å². The zero-order valence-electron chi connectivity index (χ0n) is 17.6. The number of ether oxygens (including phenoxy) is 4. The van der Waals surface area contributed by atoms with E-state index in [4.69, 9.17) is 18.9 Å². The van der Waals surface area contributed by atoms with Crippen LogP contribution >= 0.6 is 11.8 Å². The Kier molecular flexibility index (Phi) is 7.88. The number of methoxy groups -OCH3 is 1. The predicted molar refractivity (Wildman–Crippen MR) is 117 cm³/mol. The lowest BCUT2D eigenvalue weighted by atomic mass is 10.0. The van der Waals surface area contributed by atoms with Gasteiger partial charge in [-0.3, -0.25) is 0 Å². The van der Waals surface area contributed by atoms with E-state index in [-0.39, 0.29) is 24.3 Å². The Morgan fingerprint density at radius 2 is 1.74 bits per heavy atom. The maximum absolute atomic E-state index is 11.0. The average molecular weight is 447 g/mol. The number of benzene rings is 2. The lowest BCUT2D eigenvalue weighted by Gasteiger charge is -2.13. The first kappa shape index (κ1) is 22.6. The molecule has 2 aromatic carbocycles. The molecule has 0 spiro atoms. The molecular formula is C22H26N2O6S. The molecule has 2 aliphatic heterocycles. The second kappa shape index (κ2) is 10.8. The van der Waals surface area contributed by atoms with Crippen molar-refractivity contribution in [1.29, 1.82) is 0 Å². The van der Waals surface area contributed by atoms with Crippen molar-refractivity contribution in [3.63, 3.8) is 0 Å². The number of thioether (sulfide) groups is 1. The van der Waals surface area contributed by atoms with Crippen molar-refractivity contribution >= 4 is 23.9 Å². The molecule has 3 atom stereocenters. The third-order valence-electron chi connectivity index (χ3n) is 4.72. The zero-order chi connectivity index (χ0) is 22.2. The first-order valence-corrected chi connectivity index (χ1v) is 11.0. The van der Waals surface area contributed by atoms with Crippen LogP contribution in [-0.2, 0) is 9.47 Å². The smallest absolute Gasteiger partial charge is 0.408 e. The number of carbonyl (C=O) groups excluding carboxylic acids is 2. The summed E-state index contributed by atoms with van der Waals surface area (Å²) in [5.74, 6) is 1.31. The van der Waals surface area contributed by atoms with E-state index < -0.39 is 6.09 Å². The molecule has 2 fully saturated rings. The van der Waals surface area contributed by atoms with Crippen molar-refractivity contribution in [3.05, 3.63) is 54.1 Å². The van der Waals surface area contributed by atoms with Gasteiger partial charge in [0.2, 0.25) is 0 Å². The van der Waals surface area contributed by atoms with Crippen molar-refractivity contribution in [3.8, 4) is 11.5 Å². The highest BCUT2D eigenvalue weighted by Crippen LogP contribution is 2.28. The quantitative estimate of drug-likeness (QED) is 0.653. The van der Waals surface area contributed by atoms with E-state index in [1.807, 2.05) is 61.7 Å². The Morgan fingerprint density at radius 1 is 1.03 bits per heavy atom. The van der Waals surface area contributed by atoms with Gasteiger partial charge in [0.15, 0.2) is 17.6 Å². The third kappa shape index (κ3) is 6.21. The molecule has 2 amide bonds. The Morgan fingerprint density at radius 3 is 2.29 bits per heavy atom. The van der Waals surface area contributed by atoms with Crippen LogP contribution in [0.15, 0.2) is 53.4 Å². The highest BCUT2D eigenvalue weighted by Gasteiger charge is 2.31. The van der Waals surface area contributed by atoms with E-state index in [0.717, 1.165) is 5.56 Å². The molecule has 0 saturated carbocycles. The van der Waals surface area contributed by atoms with Crippen LogP contribution in [0, 0.1) is 0 Å². The van der Waals surface area contributed by atoms with Gasteiger partial charge in [0.1, 0.15) is 12.7 Å². The van der Waals surface area contributed by atoms with Gasteiger partial charge < -0.3 is 29.6 Å². The van der Waals surface area contributed by atoms with Crippen LogP contribution in [0.5, 0.6) is 11.5 Å². The van der Waals surface area contributed by atoms with Crippen LogP contribution in [0.4, 0.5) is 9.59 Å². The summed E-state index contributed by atoms with van der Waals surface area (Å²) in [6.45, 7) is 2.74. The number of carbonyl (C=O) groups is 2. The molecule has 0 aliphatic carbocycles. The number of alkyl carbamates (subject to hydrolysis) is 2. The molecule has 2 aliphatic rings. The predicted octanol–water partition coefficient (Wildman–Crippen LogP) is 3.76. The first-order valence-electron chi connectivity index (χ1n) is 9.81. The van der Waals surface area contributed by atoms with E-state index >= 15 is 0 Å². The minimum absolute atomic E-state index is 0.0395. The molecule has 166 valence electrons. The standard InChI is InChI=1S/C11H13NO4.C11H13NO2S/c1-14-9-4-2-3-5-10(9)15-7-8-6-12-11(13)16-8;1-7-10(14-11(13)12-7)8-3-5-9(15-2)6-4-8/h2-5,8H,6-7H2,1H3,(H,12,13);3-7,10H,1-2H3,(H,12,13). The molecule has 2 aromatic rings. The Labute approximate surface area is 185 Å². The molecule has 8 nitrogen and oxygen atoms in total. The van der Waals surface area contributed by atoms with Gasteiger partial charge in [0, 0.05) is 4.90 Å². The molecule has 2 N–H and O–H groups in total. The molecule has 2 saturated heterocycles. The first-order chi connectivity index (χ1) is 15.0. The fourth-order valence-electron chi connectivity index (χ4n) is 3.11. The molecule has 0 radical (unpaired) electrons. The van der Waals surface area contributed by atoms with Gasteiger partial charge in [-0.2, -0.15) is 0 Å². The molecule has 2 heterocycles. The minimum Gasteiger partial charge on any atom is -0.493 e. The molecule has 31 heavy (non-hydrogen) atoms. The molecule has 9 heteroatoms. The van der Waals surface area contributed by atoms with Crippen LogP contribution in [0.1, 0.15) is 18.6 Å². The molecular weight excluding hydrogens is 420 g/mol. The lowest BCUT2D eigenvalue weighted by molar-refractivity contribution is 0.103. The minimum atomic E-state index is -0.395. The Balaban J connectivity index is 0.000000176. The van der Waals surface area contributed by atoms with E-state index in [1.165, 1.54) is 4.90 Å². The maximum atomic E-state index is 11.0. The highest BCUT2D eigenvalue weighted by atomic mass is 32.2. The van der Waals surface area contributed by atoms with Gasteiger partial charge in [-0.1, -0.05) is 24.3 Å². The zero-order valence-corrected chi connectivity index (χ0v) is 18.4. The largest absolute Gasteiger partial charge is 0.493 e. The molecule has 0 bridgehead atoms. The van der Waals surface area contributed by atoms with Gasteiger partial charge >= 0.3 is 12.2 Å². The van der Waals surface area contributed by atoms with Gasteiger partial charge in [0.25, 0.3) is 0 Å². The average Bonchev–Trinajstić information content (AvgIpc) is 3.36. The van der Waals surface area contributed by atoms with Gasteiger partial charge in [-0.05, 0) is 43.0 Å².